The standard InChI is InChI=1S/C12H18N2O5/c1-17-8-12(19-3)7-13-9-4-10(14(15)16)6-11(5-9)18-2/h4-6,12-13H,7-8H2,1-3H3. The lowest BCUT2D eigenvalue weighted by Crippen LogP contribution is -2.26. The maximum absolute atomic E-state index is 10.8. The summed E-state index contributed by atoms with van der Waals surface area (Å²) in [5, 5.41) is 13.9. The Hall–Kier alpha value is -1.86. The number of nitro groups is 1. The molecule has 19 heavy (non-hydrogen) atoms. The van der Waals surface area contributed by atoms with E-state index in [4.69, 9.17) is 14.2 Å². The molecule has 0 saturated carbocycles. The van der Waals surface area contributed by atoms with Crippen LogP contribution < -0.4 is 10.1 Å². The van der Waals surface area contributed by atoms with Crippen molar-refractivity contribution in [3.8, 4) is 5.75 Å². The number of non-ortho nitro benzene ring substituents is 1. The number of nitro benzene ring substituents is 1. The van der Waals surface area contributed by atoms with Gasteiger partial charge in [-0.1, -0.05) is 0 Å². The van der Waals surface area contributed by atoms with E-state index in [1.807, 2.05) is 0 Å². The molecule has 1 aromatic carbocycles. The molecule has 7 heteroatoms. The number of nitrogens with zero attached hydrogens (tertiary/aromatic N) is 1. The number of methoxy groups -OCH3 is 3. The Balaban J connectivity index is 2.76. The van der Waals surface area contributed by atoms with Crippen LogP contribution in [0.1, 0.15) is 0 Å². The van der Waals surface area contributed by atoms with Crippen molar-refractivity contribution in [3.63, 3.8) is 0 Å². The molecule has 0 radical (unpaired) electrons. The van der Waals surface area contributed by atoms with Gasteiger partial charge in [-0.05, 0) is 0 Å². The fourth-order valence-corrected chi connectivity index (χ4v) is 1.54. The molecule has 7 nitrogen and oxygen atoms in total. The van der Waals surface area contributed by atoms with Crippen molar-refractivity contribution in [3.05, 3.63) is 28.3 Å². The molecule has 0 bridgehead atoms. The van der Waals surface area contributed by atoms with Gasteiger partial charge in [0.2, 0.25) is 0 Å². The second kappa shape index (κ2) is 7.55. The van der Waals surface area contributed by atoms with E-state index < -0.39 is 4.92 Å². The minimum Gasteiger partial charge on any atom is -0.496 e. The Bertz CT molecular complexity index is 425. The summed E-state index contributed by atoms with van der Waals surface area (Å²) >= 11 is 0. The van der Waals surface area contributed by atoms with Crippen LogP contribution in [-0.2, 0) is 9.47 Å². The average Bonchev–Trinajstić information content (AvgIpc) is 2.42. The van der Waals surface area contributed by atoms with Gasteiger partial charge in [0, 0.05) is 38.6 Å². The highest BCUT2D eigenvalue weighted by Gasteiger charge is 2.12. The van der Waals surface area contributed by atoms with Gasteiger partial charge in [0.15, 0.2) is 0 Å². The maximum atomic E-state index is 10.8. The van der Waals surface area contributed by atoms with Crippen LogP contribution in [0.25, 0.3) is 0 Å². The molecule has 0 aliphatic rings. The normalized spacial score (nSPS) is 11.9. The SMILES string of the molecule is COCC(CNc1cc(OC)cc([N+](=O)[O-])c1)OC. The molecule has 1 rings (SSSR count). The minimum atomic E-state index is -0.462. The first-order valence-electron chi connectivity index (χ1n) is 5.69. The molecule has 0 heterocycles. The van der Waals surface area contributed by atoms with E-state index in [9.17, 15) is 10.1 Å². The van der Waals surface area contributed by atoms with Gasteiger partial charge in [0.1, 0.15) is 5.75 Å². The van der Waals surface area contributed by atoms with Crippen molar-refractivity contribution in [2.75, 3.05) is 39.8 Å². The topological polar surface area (TPSA) is 82.9 Å². The minimum absolute atomic E-state index is 0.0254. The summed E-state index contributed by atoms with van der Waals surface area (Å²) in [6.07, 6.45) is -0.129. The molecule has 1 atom stereocenters. The number of rotatable bonds is 8. The molecule has 1 aromatic rings. The maximum Gasteiger partial charge on any atom is 0.275 e. The summed E-state index contributed by atoms with van der Waals surface area (Å²) in [7, 11) is 4.63. The highest BCUT2D eigenvalue weighted by molar-refractivity contribution is 5.56. The average molecular weight is 270 g/mol. The van der Waals surface area contributed by atoms with Crippen molar-refractivity contribution >= 4 is 11.4 Å². The van der Waals surface area contributed by atoms with E-state index in [0.717, 1.165) is 0 Å². The number of hydrogen-bond donors (Lipinski definition) is 1. The van der Waals surface area contributed by atoms with E-state index in [-0.39, 0.29) is 11.8 Å². The van der Waals surface area contributed by atoms with Gasteiger partial charge >= 0.3 is 0 Å². The molecule has 0 aliphatic heterocycles. The predicted molar refractivity (Wildman–Crippen MR) is 70.8 cm³/mol. The summed E-state index contributed by atoms with van der Waals surface area (Å²) < 4.78 is 15.2. The Morgan fingerprint density at radius 2 is 2.05 bits per heavy atom. The molecule has 1 N–H and O–H groups in total. The van der Waals surface area contributed by atoms with Gasteiger partial charge in [-0.2, -0.15) is 0 Å². The molecule has 0 amide bonds. The number of hydrogen-bond acceptors (Lipinski definition) is 6. The van der Waals surface area contributed by atoms with Crippen LogP contribution in [0.2, 0.25) is 0 Å². The van der Waals surface area contributed by atoms with E-state index in [1.54, 1.807) is 20.3 Å². The first-order chi connectivity index (χ1) is 9.10. The van der Waals surface area contributed by atoms with Crippen LogP contribution in [0.4, 0.5) is 11.4 Å². The van der Waals surface area contributed by atoms with Gasteiger partial charge in [0.25, 0.3) is 5.69 Å². The first kappa shape index (κ1) is 15.2. The van der Waals surface area contributed by atoms with Crippen molar-refractivity contribution in [2.45, 2.75) is 6.10 Å². The van der Waals surface area contributed by atoms with Gasteiger partial charge in [-0.25, -0.2) is 0 Å². The zero-order valence-electron chi connectivity index (χ0n) is 11.2. The van der Waals surface area contributed by atoms with Crippen LogP contribution in [0.5, 0.6) is 5.75 Å². The van der Waals surface area contributed by atoms with Crippen molar-refractivity contribution < 1.29 is 19.1 Å². The van der Waals surface area contributed by atoms with Crippen LogP contribution in [0, 0.1) is 10.1 Å². The number of benzene rings is 1. The third-order valence-electron chi connectivity index (χ3n) is 2.56. The number of anilines is 1. The van der Waals surface area contributed by atoms with Gasteiger partial charge in [-0.15, -0.1) is 0 Å². The van der Waals surface area contributed by atoms with E-state index in [0.29, 0.717) is 24.6 Å². The van der Waals surface area contributed by atoms with Crippen LogP contribution in [-0.4, -0.2) is 45.5 Å². The highest BCUT2D eigenvalue weighted by Crippen LogP contribution is 2.25. The van der Waals surface area contributed by atoms with Crippen molar-refractivity contribution in [1.82, 2.24) is 0 Å². The van der Waals surface area contributed by atoms with Gasteiger partial charge in [-0.3, -0.25) is 10.1 Å². The summed E-state index contributed by atoms with van der Waals surface area (Å²) in [5.74, 6) is 0.428. The zero-order valence-corrected chi connectivity index (χ0v) is 11.2. The Morgan fingerprint density at radius 3 is 2.58 bits per heavy atom. The molecule has 0 saturated heterocycles. The molecule has 106 valence electrons. The fourth-order valence-electron chi connectivity index (χ4n) is 1.54. The first-order valence-corrected chi connectivity index (χ1v) is 5.69. The van der Waals surface area contributed by atoms with Crippen molar-refractivity contribution in [2.24, 2.45) is 0 Å². The summed E-state index contributed by atoms with van der Waals surface area (Å²) in [6, 6.07) is 4.50. The predicted octanol–water partition coefficient (Wildman–Crippen LogP) is 1.68. The van der Waals surface area contributed by atoms with Crippen LogP contribution in [0.15, 0.2) is 18.2 Å². The molecule has 0 aromatic heterocycles. The van der Waals surface area contributed by atoms with Crippen molar-refractivity contribution in [1.29, 1.82) is 0 Å². The molecule has 0 aliphatic carbocycles. The molecular weight excluding hydrogens is 252 g/mol. The van der Waals surface area contributed by atoms with E-state index >= 15 is 0 Å². The lowest BCUT2D eigenvalue weighted by atomic mass is 10.2. The molecule has 1 unspecified atom stereocenters. The lowest BCUT2D eigenvalue weighted by molar-refractivity contribution is -0.384. The van der Waals surface area contributed by atoms with E-state index in [2.05, 4.69) is 5.32 Å². The summed E-state index contributed by atoms with van der Waals surface area (Å²) in [4.78, 5) is 10.3. The van der Waals surface area contributed by atoms with E-state index in [1.165, 1.54) is 19.2 Å². The molecule has 0 spiro atoms. The number of ether oxygens (including phenoxy) is 3. The Kier molecular flexibility index (Phi) is 6.04. The van der Waals surface area contributed by atoms with Gasteiger partial charge < -0.3 is 19.5 Å². The molecular formula is C12H18N2O5. The second-order valence-corrected chi connectivity index (χ2v) is 3.87. The summed E-state index contributed by atoms with van der Waals surface area (Å²) in [5.41, 5.74) is 0.576. The smallest absolute Gasteiger partial charge is 0.275 e. The summed E-state index contributed by atoms with van der Waals surface area (Å²) in [6.45, 7) is 0.921. The lowest BCUT2D eigenvalue weighted by Gasteiger charge is -2.16. The van der Waals surface area contributed by atoms with Crippen LogP contribution >= 0.6 is 0 Å². The Morgan fingerprint density at radius 1 is 1.32 bits per heavy atom. The monoisotopic (exact) mass is 270 g/mol. The second-order valence-electron chi connectivity index (χ2n) is 3.87. The number of nitrogens with one attached hydrogen (secondary N) is 1. The fraction of sp³-hybridized carbons (Fsp3) is 0.500. The quantitative estimate of drug-likeness (QED) is 0.571. The molecule has 0 fully saturated rings. The largest absolute Gasteiger partial charge is 0.496 e. The van der Waals surface area contributed by atoms with Crippen LogP contribution in [0.3, 0.4) is 0 Å². The Labute approximate surface area is 111 Å². The highest BCUT2D eigenvalue weighted by atomic mass is 16.6. The third kappa shape index (κ3) is 4.72. The van der Waals surface area contributed by atoms with Gasteiger partial charge in [0.05, 0.1) is 30.8 Å². The third-order valence-corrected chi connectivity index (χ3v) is 2.56. The zero-order chi connectivity index (χ0) is 14.3.